The molecule has 0 amide bonds. The molecule has 0 bridgehead atoms. The molecule has 4 heteroatoms. The maximum absolute atomic E-state index is 11.9. The van der Waals surface area contributed by atoms with Gasteiger partial charge >= 0.3 is 5.97 Å². The first-order valence-electron chi connectivity index (χ1n) is 6.94. The normalized spacial score (nSPS) is 20.6. The summed E-state index contributed by atoms with van der Waals surface area (Å²) in [5, 5.41) is 13.5. The number of rotatable bonds is 3. The third-order valence-electron chi connectivity index (χ3n) is 4.09. The molecule has 0 heterocycles. The van der Waals surface area contributed by atoms with E-state index >= 15 is 0 Å². The highest BCUT2D eigenvalue weighted by Gasteiger charge is 2.41. The first-order valence-corrected chi connectivity index (χ1v) is 7.31. The number of carboxylic acids is 1. The molecule has 3 nitrogen and oxygen atoms in total. The molecular formula is C17H16ClNO2. The monoisotopic (exact) mass is 301 g/mol. The number of aliphatic carboxylic acids is 1. The molecule has 1 aliphatic rings. The summed E-state index contributed by atoms with van der Waals surface area (Å²) < 4.78 is 0. The van der Waals surface area contributed by atoms with Crippen LogP contribution in [0.15, 0.2) is 48.5 Å². The molecule has 0 aliphatic heterocycles. The van der Waals surface area contributed by atoms with Gasteiger partial charge in [0.1, 0.15) is 5.54 Å². The molecule has 108 valence electrons. The van der Waals surface area contributed by atoms with Crippen molar-refractivity contribution < 1.29 is 9.90 Å². The summed E-state index contributed by atoms with van der Waals surface area (Å²) in [6.07, 6.45) is 1.76. The van der Waals surface area contributed by atoms with Crippen LogP contribution in [0.25, 0.3) is 0 Å². The predicted molar refractivity (Wildman–Crippen MR) is 83.9 cm³/mol. The molecular weight excluding hydrogens is 286 g/mol. The Morgan fingerprint density at radius 3 is 2.48 bits per heavy atom. The molecule has 2 aromatic rings. The second-order valence-corrected chi connectivity index (χ2v) is 5.84. The Hall–Kier alpha value is -2.00. The molecule has 1 unspecified atom stereocenters. The first kappa shape index (κ1) is 14.0. The number of carboxylic acid groups (broad SMARTS) is 1. The van der Waals surface area contributed by atoms with Gasteiger partial charge in [-0.1, -0.05) is 48.0 Å². The van der Waals surface area contributed by atoms with Gasteiger partial charge in [-0.05, 0) is 36.1 Å². The molecule has 1 aliphatic carbocycles. The van der Waals surface area contributed by atoms with E-state index in [4.69, 9.17) is 11.6 Å². The van der Waals surface area contributed by atoms with Crippen LogP contribution >= 0.6 is 11.6 Å². The summed E-state index contributed by atoms with van der Waals surface area (Å²) in [6, 6.07) is 15.3. The standard InChI is InChI=1S/C17H16ClNO2/c18-14-7-3-4-8-15(14)19-17(16(20)21)10-9-12-5-1-2-6-13(12)11-17/h1-8,19H,9-11H2,(H,20,21). The highest BCUT2D eigenvalue weighted by Crippen LogP contribution is 2.34. The van der Waals surface area contributed by atoms with Crippen LogP contribution in [-0.4, -0.2) is 16.6 Å². The lowest BCUT2D eigenvalue weighted by Crippen LogP contribution is -2.50. The zero-order valence-corrected chi connectivity index (χ0v) is 12.2. The molecule has 1 atom stereocenters. The fourth-order valence-corrected chi connectivity index (χ4v) is 3.08. The zero-order valence-electron chi connectivity index (χ0n) is 11.5. The van der Waals surface area contributed by atoms with Crippen LogP contribution in [0.2, 0.25) is 5.02 Å². The lowest BCUT2D eigenvalue weighted by Gasteiger charge is -2.36. The number of halogens is 1. The lowest BCUT2D eigenvalue weighted by atomic mass is 9.77. The minimum atomic E-state index is -1.00. The molecule has 0 saturated heterocycles. The van der Waals surface area contributed by atoms with Gasteiger partial charge in [-0.25, -0.2) is 4.79 Å². The van der Waals surface area contributed by atoms with E-state index in [0.29, 0.717) is 23.6 Å². The molecule has 2 aromatic carbocycles. The van der Waals surface area contributed by atoms with E-state index in [2.05, 4.69) is 11.4 Å². The number of benzene rings is 2. The second kappa shape index (κ2) is 5.41. The van der Waals surface area contributed by atoms with Crippen LogP contribution in [0.4, 0.5) is 5.69 Å². The van der Waals surface area contributed by atoms with E-state index in [1.54, 1.807) is 6.07 Å². The number of nitrogens with one attached hydrogen (secondary N) is 1. The molecule has 3 rings (SSSR count). The highest BCUT2D eigenvalue weighted by atomic mass is 35.5. The fourth-order valence-electron chi connectivity index (χ4n) is 2.90. The van der Waals surface area contributed by atoms with E-state index in [1.165, 1.54) is 5.56 Å². The largest absolute Gasteiger partial charge is 0.479 e. The Morgan fingerprint density at radius 2 is 1.76 bits per heavy atom. The van der Waals surface area contributed by atoms with Gasteiger partial charge in [0.05, 0.1) is 10.7 Å². The van der Waals surface area contributed by atoms with E-state index in [0.717, 1.165) is 12.0 Å². The maximum Gasteiger partial charge on any atom is 0.329 e. The molecule has 0 aromatic heterocycles. The van der Waals surface area contributed by atoms with E-state index < -0.39 is 11.5 Å². The van der Waals surface area contributed by atoms with Crippen molar-refractivity contribution in [3.8, 4) is 0 Å². The Morgan fingerprint density at radius 1 is 1.10 bits per heavy atom. The minimum Gasteiger partial charge on any atom is -0.479 e. The maximum atomic E-state index is 11.9. The average Bonchev–Trinajstić information content (AvgIpc) is 2.49. The number of carbonyl (C=O) groups is 1. The highest BCUT2D eigenvalue weighted by molar-refractivity contribution is 6.33. The summed E-state index contributed by atoms with van der Waals surface area (Å²) in [5.74, 6) is -0.836. The molecule has 0 saturated carbocycles. The number of hydrogen-bond donors (Lipinski definition) is 2. The van der Waals surface area contributed by atoms with Gasteiger partial charge in [0.15, 0.2) is 0 Å². The summed E-state index contributed by atoms with van der Waals surface area (Å²) in [6.45, 7) is 0. The van der Waals surface area contributed by atoms with E-state index in [-0.39, 0.29) is 0 Å². The van der Waals surface area contributed by atoms with Gasteiger partial charge in [0.25, 0.3) is 0 Å². The Bertz CT molecular complexity index is 686. The summed E-state index contributed by atoms with van der Waals surface area (Å²) in [5.41, 5.74) is 1.99. The van der Waals surface area contributed by atoms with Crippen LogP contribution < -0.4 is 5.32 Å². The van der Waals surface area contributed by atoms with Gasteiger partial charge in [-0.2, -0.15) is 0 Å². The van der Waals surface area contributed by atoms with Crippen molar-refractivity contribution in [1.29, 1.82) is 0 Å². The minimum absolute atomic E-state index is 0.462. The van der Waals surface area contributed by atoms with Gasteiger partial charge in [0, 0.05) is 6.42 Å². The third kappa shape index (κ3) is 2.61. The SMILES string of the molecule is O=C(O)C1(Nc2ccccc2Cl)CCc2ccccc2C1. The van der Waals surface area contributed by atoms with Crippen molar-refractivity contribution in [2.45, 2.75) is 24.8 Å². The van der Waals surface area contributed by atoms with Crippen molar-refractivity contribution in [3.63, 3.8) is 0 Å². The number of para-hydroxylation sites is 1. The van der Waals surface area contributed by atoms with Crippen LogP contribution in [0.3, 0.4) is 0 Å². The van der Waals surface area contributed by atoms with Crippen molar-refractivity contribution in [2.75, 3.05) is 5.32 Å². The smallest absolute Gasteiger partial charge is 0.329 e. The molecule has 2 N–H and O–H groups in total. The number of fused-ring (bicyclic) bond motifs is 1. The summed E-state index contributed by atoms with van der Waals surface area (Å²) >= 11 is 6.15. The first-order chi connectivity index (χ1) is 10.1. The Labute approximate surface area is 128 Å². The van der Waals surface area contributed by atoms with Gasteiger partial charge in [-0.15, -0.1) is 0 Å². The van der Waals surface area contributed by atoms with Gasteiger partial charge in [0.2, 0.25) is 0 Å². The topological polar surface area (TPSA) is 49.3 Å². The number of aryl methyl sites for hydroxylation is 1. The Kier molecular flexibility index (Phi) is 3.60. The van der Waals surface area contributed by atoms with Crippen LogP contribution in [0, 0.1) is 0 Å². The zero-order chi connectivity index (χ0) is 14.9. The average molecular weight is 302 g/mol. The molecule has 0 radical (unpaired) electrons. The van der Waals surface area contributed by atoms with Gasteiger partial charge in [-0.3, -0.25) is 0 Å². The van der Waals surface area contributed by atoms with Crippen LogP contribution in [0.5, 0.6) is 0 Å². The van der Waals surface area contributed by atoms with Crippen molar-refractivity contribution in [2.24, 2.45) is 0 Å². The quantitative estimate of drug-likeness (QED) is 0.907. The molecule has 0 fully saturated rings. The van der Waals surface area contributed by atoms with E-state index in [9.17, 15) is 9.90 Å². The lowest BCUT2D eigenvalue weighted by molar-refractivity contribution is -0.142. The number of hydrogen-bond acceptors (Lipinski definition) is 2. The number of anilines is 1. The Balaban J connectivity index is 1.96. The third-order valence-corrected chi connectivity index (χ3v) is 4.42. The summed E-state index contributed by atoms with van der Waals surface area (Å²) in [4.78, 5) is 11.9. The molecule has 21 heavy (non-hydrogen) atoms. The van der Waals surface area contributed by atoms with Crippen LogP contribution in [0.1, 0.15) is 17.5 Å². The van der Waals surface area contributed by atoms with Crippen molar-refractivity contribution >= 4 is 23.3 Å². The fraction of sp³-hybridized carbons (Fsp3) is 0.235. The summed E-state index contributed by atoms with van der Waals surface area (Å²) in [7, 11) is 0. The van der Waals surface area contributed by atoms with Crippen molar-refractivity contribution in [3.05, 3.63) is 64.7 Å². The van der Waals surface area contributed by atoms with Crippen LogP contribution in [-0.2, 0) is 17.6 Å². The van der Waals surface area contributed by atoms with Gasteiger partial charge < -0.3 is 10.4 Å². The second-order valence-electron chi connectivity index (χ2n) is 5.44. The predicted octanol–water partition coefficient (Wildman–Crippen LogP) is 3.76. The molecule has 0 spiro atoms. The van der Waals surface area contributed by atoms with Crippen molar-refractivity contribution in [1.82, 2.24) is 0 Å². The van der Waals surface area contributed by atoms with E-state index in [1.807, 2.05) is 36.4 Å².